The number of hydrogen-bond donors (Lipinski definition) is 1. The van der Waals surface area contributed by atoms with E-state index in [1.807, 2.05) is 24.3 Å². The van der Waals surface area contributed by atoms with E-state index in [0.29, 0.717) is 31.6 Å². The average Bonchev–Trinajstić information content (AvgIpc) is 3.20. The summed E-state index contributed by atoms with van der Waals surface area (Å²) >= 11 is 0. The van der Waals surface area contributed by atoms with Crippen molar-refractivity contribution in [3.63, 3.8) is 0 Å². The number of aromatic nitrogens is 1. The second-order valence-electron chi connectivity index (χ2n) is 9.46. The van der Waals surface area contributed by atoms with Crippen molar-refractivity contribution >= 4 is 38.1 Å². The molecule has 3 aromatic carbocycles. The van der Waals surface area contributed by atoms with Gasteiger partial charge in [0.1, 0.15) is 5.82 Å². The summed E-state index contributed by atoms with van der Waals surface area (Å²) in [6, 6.07) is 21.1. The molecule has 2 heterocycles. The third-order valence-corrected chi connectivity index (χ3v) is 8.93. The van der Waals surface area contributed by atoms with Gasteiger partial charge >= 0.3 is 0 Å². The van der Waals surface area contributed by atoms with Gasteiger partial charge in [-0.2, -0.15) is 4.31 Å². The van der Waals surface area contributed by atoms with Crippen LogP contribution in [0.15, 0.2) is 83.8 Å². The van der Waals surface area contributed by atoms with Gasteiger partial charge in [-0.1, -0.05) is 43.3 Å². The molecule has 5 rings (SSSR count). The number of carbonyl (C=O) groups is 1. The minimum absolute atomic E-state index is 0.123. The number of fused-ring (bicyclic) bond motifs is 1. The van der Waals surface area contributed by atoms with Crippen LogP contribution in [0.2, 0.25) is 0 Å². The highest BCUT2D eigenvalue weighted by atomic mass is 32.2. The Kier molecular flexibility index (Phi) is 7.19. The highest BCUT2D eigenvalue weighted by Gasteiger charge is 2.28. The van der Waals surface area contributed by atoms with E-state index in [4.69, 9.17) is 0 Å². The molecule has 1 amide bonds. The lowest BCUT2D eigenvalue weighted by Crippen LogP contribution is -2.34. The Balaban J connectivity index is 1.41. The van der Waals surface area contributed by atoms with Gasteiger partial charge in [-0.05, 0) is 66.9 Å². The summed E-state index contributed by atoms with van der Waals surface area (Å²) < 4.78 is 44.1. The summed E-state index contributed by atoms with van der Waals surface area (Å²) in [6.45, 7) is 5.01. The zero-order valence-electron chi connectivity index (χ0n) is 21.4. The molecule has 6 nitrogen and oxygen atoms in total. The van der Waals surface area contributed by atoms with Gasteiger partial charge in [0.25, 0.3) is 0 Å². The Morgan fingerprint density at radius 1 is 1.03 bits per heavy atom. The van der Waals surface area contributed by atoms with E-state index in [1.165, 1.54) is 22.5 Å². The normalized spacial score (nSPS) is 14.4. The van der Waals surface area contributed by atoms with Crippen molar-refractivity contribution in [2.45, 2.75) is 38.1 Å². The number of nitrogens with zero attached hydrogens (tertiary/aromatic N) is 2. The zero-order chi connectivity index (χ0) is 26.9. The van der Waals surface area contributed by atoms with Crippen LogP contribution in [0.3, 0.4) is 0 Å². The molecule has 0 saturated carbocycles. The molecule has 1 aliphatic heterocycles. The summed E-state index contributed by atoms with van der Waals surface area (Å²) in [5, 5.41) is 3.84. The van der Waals surface area contributed by atoms with Crippen LogP contribution in [0.5, 0.6) is 0 Å². The number of para-hydroxylation sites is 1. The number of amides is 1. The molecule has 0 saturated heterocycles. The largest absolute Gasteiger partial charge is 0.340 e. The number of carbonyl (C=O) groups excluding carboxylic acids is 1. The van der Waals surface area contributed by atoms with Crippen molar-refractivity contribution in [3.05, 3.63) is 102 Å². The Bertz CT molecular complexity index is 1640. The lowest BCUT2D eigenvalue weighted by molar-refractivity contribution is -0.115. The fourth-order valence-corrected chi connectivity index (χ4v) is 6.44. The second-order valence-corrected chi connectivity index (χ2v) is 11.4. The van der Waals surface area contributed by atoms with E-state index in [9.17, 15) is 17.6 Å². The molecule has 0 radical (unpaired) electrons. The molecular formula is C30H30FN3O3S. The van der Waals surface area contributed by atoms with Gasteiger partial charge in [-0.25, -0.2) is 12.8 Å². The van der Waals surface area contributed by atoms with E-state index < -0.39 is 10.0 Å². The second kappa shape index (κ2) is 10.6. The third kappa shape index (κ3) is 5.01. The molecule has 1 aliphatic rings. The molecule has 196 valence electrons. The Labute approximate surface area is 222 Å². The van der Waals surface area contributed by atoms with E-state index in [1.54, 1.807) is 31.2 Å². The summed E-state index contributed by atoms with van der Waals surface area (Å²) in [5.74, 6) is -0.379. The maximum atomic E-state index is 13.8. The smallest absolute Gasteiger partial charge is 0.243 e. The standard InChI is InChI=1S/C30H30FN3O3S/c1-3-29(35)32-25-11-13-26(14-12-25)38(36,37)33-17-15-23(16-18-33)30-21(2)34(28-10-5-4-9-27(28)30)20-22-7-6-8-24(31)19-22/h4-15,19H,3,16-18,20H2,1-2H3,(H,32,35). The molecular weight excluding hydrogens is 501 g/mol. The minimum Gasteiger partial charge on any atom is -0.340 e. The van der Waals surface area contributed by atoms with E-state index >= 15 is 0 Å². The number of sulfonamides is 1. The molecule has 1 N–H and O–H groups in total. The number of halogens is 1. The van der Waals surface area contributed by atoms with Gasteiger partial charge in [0, 0.05) is 53.9 Å². The SMILES string of the molecule is CCC(=O)Nc1ccc(S(=O)(=O)N2CC=C(c3c(C)n(Cc4cccc(F)c4)c4ccccc34)CC2)cc1. The maximum Gasteiger partial charge on any atom is 0.243 e. The number of anilines is 1. The van der Waals surface area contributed by atoms with E-state index in [0.717, 1.165) is 33.3 Å². The third-order valence-electron chi connectivity index (χ3n) is 7.05. The summed E-state index contributed by atoms with van der Waals surface area (Å²) in [6.07, 6.45) is 2.93. The zero-order valence-corrected chi connectivity index (χ0v) is 22.3. The molecule has 4 aromatic rings. The molecule has 8 heteroatoms. The highest BCUT2D eigenvalue weighted by Crippen LogP contribution is 2.36. The average molecular weight is 532 g/mol. The van der Waals surface area contributed by atoms with Crippen molar-refractivity contribution in [3.8, 4) is 0 Å². The maximum absolute atomic E-state index is 13.8. The van der Waals surface area contributed by atoms with Crippen LogP contribution in [0.25, 0.3) is 16.5 Å². The van der Waals surface area contributed by atoms with Crippen LogP contribution in [-0.4, -0.2) is 36.3 Å². The Morgan fingerprint density at radius 2 is 1.79 bits per heavy atom. The fraction of sp³-hybridized carbons (Fsp3) is 0.233. The van der Waals surface area contributed by atoms with Gasteiger partial charge in [-0.3, -0.25) is 4.79 Å². The first kappa shape index (κ1) is 25.9. The van der Waals surface area contributed by atoms with Crippen molar-refractivity contribution in [2.75, 3.05) is 18.4 Å². The van der Waals surface area contributed by atoms with Crippen molar-refractivity contribution < 1.29 is 17.6 Å². The first-order valence-electron chi connectivity index (χ1n) is 12.7. The van der Waals surface area contributed by atoms with Gasteiger partial charge < -0.3 is 9.88 Å². The van der Waals surface area contributed by atoms with Gasteiger partial charge in [-0.15, -0.1) is 0 Å². The van der Waals surface area contributed by atoms with Crippen LogP contribution >= 0.6 is 0 Å². The minimum atomic E-state index is -3.68. The summed E-state index contributed by atoms with van der Waals surface area (Å²) in [5.41, 5.74) is 5.82. The number of nitrogens with one attached hydrogen (secondary N) is 1. The Morgan fingerprint density at radius 3 is 2.47 bits per heavy atom. The highest BCUT2D eigenvalue weighted by molar-refractivity contribution is 7.89. The molecule has 0 atom stereocenters. The summed E-state index contributed by atoms with van der Waals surface area (Å²) in [4.78, 5) is 11.8. The molecule has 0 unspecified atom stereocenters. The monoisotopic (exact) mass is 531 g/mol. The van der Waals surface area contributed by atoms with Gasteiger partial charge in [0.15, 0.2) is 0 Å². The van der Waals surface area contributed by atoms with Crippen molar-refractivity contribution in [2.24, 2.45) is 0 Å². The van der Waals surface area contributed by atoms with Gasteiger partial charge in [0.2, 0.25) is 15.9 Å². The molecule has 0 fully saturated rings. The molecule has 1 aromatic heterocycles. The topological polar surface area (TPSA) is 71.4 Å². The van der Waals surface area contributed by atoms with Crippen molar-refractivity contribution in [1.82, 2.24) is 8.87 Å². The lowest BCUT2D eigenvalue weighted by Gasteiger charge is -2.26. The van der Waals surface area contributed by atoms with Gasteiger partial charge in [0.05, 0.1) is 4.90 Å². The molecule has 0 spiro atoms. The van der Waals surface area contributed by atoms with E-state index in [2.05, 4.69) is 28.9 Å². The summed E-state index contributed by atoms with van der Waals surface area (Å²) in [7, 11) is -3.68. The van der Waals surface area contributed by atoms with Crippen LogP contribution < -0.4 is 5.32 Å². The van der Waals surface area contributed by atoms with E-state index in [-0.39, 0.29) is 23.2 Å². The van der Waals surface area contributed by atoms with Crippen LogP contribution in [0.1, 0.15) is 36.6 Å². The number of rotatable bonds is 7. The quantitative estimate of drug-likeness (QED) is 0.320. The van der Waals surface area contributed by atoms with Crippen LogP contribution in [0.4, 0.5) is 10.1 Å². The number of hydrogen-bond acceptors (Lipinski definition) is 3. The van der Waals surface area contributed by atoms with Crippen LogP contribution in [-0.2, 0) is 21.4 Å². The lowest BCUT2D eigenvalue weighted by atomic mass is 9.97. The van der Waals surface area contributed by atoms with Crippen molar-refractivity contribution in [1.29, 1.82) is 0 Å². The van der Waals surface area contributed by atoms with Crippen LogP contribution in [0, 0.1) is 12.7 Å². The fourth-order valence-electron chi connectivity index (χ4n) is 5.06. The predicted octanol–water partition coefficient (Wildman–Crippen LogP) is 5.96. The molecule has 38 heavy (non-hydrogen) atoms. The Hall–Kier alpha value is -3.75. The number of benzene rings is 3. The predicted molar refractivity (Wildman–Crippen MR) is 149 cm³/mol. The first-order chi connectivity index (χ1) is 18.3. The molecule has 0 bridgehead atoms. The molecule has 0 aliphatic carbocycles. The first-order valence-corrected chi connectivity index (χ1v) is 14.1.